The van der Waals surface area contributed by atoms with Gasteiger partial charge in [-0.1, -0.05) is 30.3 Å². The number of benzene rings is 2. The number of fused-ring (bicyclic) bond motifs is 1. The van der Waals surface area contributed by atoms with Crippen molar-refractivity contribution in [3.63, 3.8) is 0 Å². The fraction of sp³-hybridized carbons (Fsp3) is 0.360. The van der Waals surface area contributed by atoms with E-state index in [9.17, 15) is 9.90 Å². The summed E-state index contributed by atoms with van der Waals surface area (Å²) in [7, 11) is 0. The van der Waals surface area contributed by atoms with E-state index < -0.39 is 11.6 Å². The van der Waals surface area contributed by atoms with Crippen molar-refractivity contribution in [2.24, 2.45) is 0 Å². The molecule has 0 aliphatic rings. The fourth-order valence-electron chi connectivity index (χ4n) is 3.34. The summed E-state index contributed by atoms with van der Waals surface area (Å²) in [5.74, 6) is 0.192. The molecule has 1 heterocycles. The summed E-state index contributed by atoms with van der Waals surface area (Å²) in [5, 5.41) is 12.9. The topological polar surface area (TPSA) is 84.6 Å². The van der Waals surface area contributed by atoms with Crippen LogP contribution in [0.3, 0.4) is 0 Å². The summed E-state index contributed by atoms with van der Waals surface area (Å²) in [6, 6.07) is 15.2. The number of carboxylic acid groups (broad SMARTS) is 1. The average Bonchev–Trinajstić information content (AvgIpc) is 3.17. The molecule has 1 aromatic heterocycles. The number of ether oxygens (including phenoxy) is 1. The lowest BCUT2D eigenvalue weighted by Gasteiger charge is -2.23. The Balaban J connectivity index is 1.74. The van der Waals surface area contributed by atoms with Gasteiger partial charge in [-0.05, 0) is 69.9 Å². The van der Waals surface area contributed by atoms with Gasteiger partial charge in [0.1, 0.15) is 11.3 Å². The van der Waals surface area contributed by atoms with E-state index in [2.05, 4.69) is 23.8 Å². The standard InChI is InChI=1S/C25H30N2O4/c1-5-6-7-11-21(23-27-20-10-8-9-12-22(20)30-23)26-17(2)18-13-15-19(16-14-18)31-25(3,4)24(28)29/h5,8-10,12-17,21,26H,1,6-7,11H2,2-4H3,(H,28,29). The molecule has 0 saturated carbocycles. The number of aliphatic carboxylic acids is 1. The maximum Gasteiger partial charge on any atom is 0.347 e. The number of allylic oxidation sites excluding steroid dienone is 1. The molecule has 0 bridgehead atoms. The molecule has 0 amide bonds. The molecule has 0 saturated heterocycles. The van der Waals surface area contributed by atoms with E-state index in [1.54, 1.807) is 12.1 Å². The Morgan fingerprint density at radius 3 is 2.61 bits per heavy atom. The van der Waals surface area contributed by atoms with Crippen molar-refractivity contribution < 1.29 is 19.1 Å². The van der Waals surface area contributed by atoms with Crippen LogP contribution >= 0.6 is 0 Å². The van der Waals surface area contributed by atoms with Crippen LogP contribution in [0.2, 0.25) is 0 Å². The molecule has 3 aromatic rings. The first-order chi connectivity index (χ1) is 14.8. The van der Waals surface area contributed by atoms with Gasteiger partial charge < -0.3 is 14.3 Å². The van der Waals surface area contributed by atoms with E-state index in [0.29, 0.717) is 11.6 Å². The monoisotopic (exact) mass is 422 g/mol. The third-order valence-electron chi connectivity index (χ3n) is 5.23. The van der Waals surface area contributed by atoms with Gasteiger partial charge in [-0.2, -0.15) is 0 Å². The van der Waals surface area contributed by atoms with Crippen molar-refractivity contribution in [3.05, 3.63) is 72.6 Å². The molecule has 2 atom stereocenters. The summed E-state index contributed by atoms with van der Waals surface area (Å²) >= 11 is 0. The molecule has 164 valence electrons. The smallest absolute Gasteiger partial charge is 0.347 e. The van der Waals surface area contributed by atoms with E-state index >= 15 is 0 Å². The number of hydrogen-bond donors (Lipinski definition) is 2. The highest BCUT2D eigenvalue weighted by atomic mass is 16.5. The van der Waals surface area contributed by atoms with Crippen LogP contribution in [0.25, 0.3) is 11.1 Å². The maximum absolute atomic E-state index is 11.3. The molecule has 2 unspecified atom stereocenters. The SMILES string of the molecule is C=CCCCC(NC(C)c1ccc(OC(C)(C)C(=O)O)cc1)c1nc2ccccc2o1. The van der Waals surface area contributed by atoms with Gasteiger partial charge in [-0.15, -0.1) is 6.58 Å². The molecule has 31 heavy (non-hydrogen) atoms. The molecular formula is C25H30N2O4. The molecule has 0 spiro atoms. The number of para-hydroxylation sites is 2. The highest BCUT2D eigenvalue weighted by Crippen LogP contribution is 2.28. The number of oxazole rings is 1. The van der Waals surface area contributed by atoms with Gasteiger partial charge in [-0.3, -0.25) is 5.32 Å². The van der Waals surface area contributed by atoms with Crippen molar-refractivity contribution >= 4 is 17.1 Å². The lowest BCUT2D eigenvalue weighted by atomic mass is 10.0. The molecule has 0 radical (unpaired) electrons. The number of nitrogens with zero attached hydrogens (tertiary/aromatic N) is 1. The van der Waals surface area contributed by atoms with Gasteiger partial charge in [0.15, 0.2) is 11.2 Å². The minimum absolute atomic E-state index is 0.0327. The van der Waals surface area contributed by atoms with Crippen LogP contribution in [0.5, 0.6) is 5.75 Å². The summed E-state index contributed by atoms with van der Waals surface area (Å²) in [5.41, 5.74) is 1.41. The van der Waals surface area contributed by atoms with Gasteiger partial charge in [0, 0.05) is 6.04 Å². The second-order valence-corrected chi connectivity index (χ2v) is 8.17. The Bertz CT molecular complexity index is 990. The number of aromatic nitrogens is 1. The molecule has 2 aromatic carbocycles. The van der Waals surface area contributed by atoms with E-state index in [0.717, 1.165) is 35.9 Å². The Morgan fingerprint density at radius 2 is 1.97 bits per heavy atom. The van der Waals surface area contributed by atoms with Crippen LogP contribution in [0, 0.1) is 0 Å². The van der Waals surface area contributed by atoms with Crippen LogP contribution in [0.15, 0.2) is 65.6 Å². The number of nitrogens with one attached hydrogen (secondary N) is 1. The molecule has 3 rings (SSSR count). The van der Waals surface area contributed by atoms with Crippen LogP contribution in [0.1, 0.15) is 63.6 Å². The van der Waals surface area contributed by atoms with E-state index in [1.807, 2.05) is 42.5 Å². The van der Waals surface area contributed by atoms with Crippen molar-refractivity contribution in [3.8, 4) is 5.75 Å². The maximum atomic E-state index is 11.3. The zero-order chi connectivity index (χ0) is 22.4. The van der Waals surface area contributed by atoms with Crippen LogP contribution in [-0.2, 0) is 4.79 Å². The minimum Gasteiger partial charge on any atom is -0.478 e. The van der Waals surface area contributed by atoms with Gasteiger partial charge in [0.2, 0.25) is 5.89 Å². The number of rotatable bonds is 11. The third-order valence-corrected chi connectivity index (χ3v) is 5.23. The van der Waals surface area contributed by atoms with Gasteiger partial charge in [-0.25, -0.2) is 9.78 Å². The van der Waals surface area contributed by atoms with Crippen LogP contribution in [-0.4, -0.2) is 21.7 Å². The summed E-state index contributed by atoms with van der Waals surface area (Å²) in [4.78, 5) is 16.0. The van der Waals surface area contributed by atoms with Gasteiger partial charge >= 0.3 is 5.97 Å². The summed E-state index contributed by atoms with van der Waals surface area (Å²) < 4.78 is 11.6. The number of hydrogen-bond acceptors (Lipinski definition) is 5. The number of unbranched alkanes of at least 4 members (excludes halogenated alkanes) is 1. The van der Waals surface area contributed by atoms with Gasteiger partial charge in [0.25, 0.3) is 0 Å². The van der Waals surface area contributed by atoms with Crippen molar-refractivity contribution in [1.29, 1.82) is 0 Å². The van der Waals surface area contributed by atoms with Gasteiger partial charge in [0.05, 0.1) is 6.04 Å². The summed E-state index contributed by atoms with van der Waals surface area (Å²) in [6.07, 6.45) is 4.70. The Labute approximate surface area is 182 Å². The first-order valence-electron chi connectivity index (χ1n) is 10.5. The highest BCUT2D eigenvalue weighted by Gasteiger charge is 2.29. The number of carbonyl (C=O) groups is 1. The van der Waals surface area contributed by atoms with Crippen LogP contribution < -0.4 is 10.1 Å². The zero-order valence-electron chi connectivity index (χ0n) is 18.3. The second kappa shape index (κ2) is 9.79. The average molecular weight is 423 g/mol. The van der Waals surface area contributed by atoms with Crippen molar-refractivity contribution in [1.82, 2.24) is 10.3 Å². The Hall–Kier alpha value is -3.12. The molecule has 0 aliphatic carbocycles. The van der Waals surface area contributed by atoms with Crippen molar-refractivity contribution in [2.75, 3.05) is 0 Å². The quantitative estimate of drug-likeness (QED) is 0.299. The lowest BCUT2D eigenvalue weighted by molar-refractivity contribution is -0.152. The molecule has 6 nitrogen and oxygen atoms in total. The predicted molar refractivity (Wildman–Crippen MR) is 121 cm³/mol. The normalized spacial score (nSPS) is 13.6. The largest absolute Gasteiger partial charge is 0.478 e. The minimum atomic E-state index is -1.28. The first kappa shape index (κ1) is 22.6. The first-order valence-corrected chi connectivity index (χ1v) is 10.5. The molecule has 6 heteroatoms. The van der Waals surface area contributed by atoms with Crippen LogP contribution in [0.4, 0.5) is 0 Å². The van der Waals surface area contributed by atoms with Crippen molar-refractivity contribution in [2.45, 2.75) is 57.7 Å². The lowest BCUT2D eigenvalue weighted by Crippen LogP contribution is -2.37. The van der Waals surface area contributed by atoms with E-state index in [1.165, 1.54) is 13.8 Å². The van der Waals surface area contributed by atoms with E-state index in [-0.39, 0.29) is 12.1 Å². The fourth-order valence-corrected chi connectivity index (χ4v) is 3.34. The third kappa shape index (κ3) is 5.73. The Kier molecular flexibility index (Phi) is 7.13. The molecular weight excluding hydrogens is 392 g/mol. The zero-order valence-corrected chi connectivity index (χ0v) is 18.3. The summed E-state index contributed by atoms with van der Waals surface area (Å²) in [6.45, 7) is 8.95. The highest BCUT2D eigenvalue weighted by molar-refractivity contribution is 5.76. The Morgan fingerprint density at radius 1 is 1.26 bits per heavy atom. The number of carboxylic acids is 1. The molecule has 0 fully saturated rings. The second-order valence-electron chi connectivity index (χ2n) is 8.17. The van der Waals surface area contributed by atoms with E-state index in [4.69, 9.17) is 9.15 Å². The molecule has 2 N–H and O–H groups in total. The predicted octanol–water partition coefficient (Wildman–Crippen LogP) is 5.82. The molecule has 0 aliphatic heterocycles.